The highest BCUT2D eigenvalue weighted by atomic mass is 19.4. The number of halogens is 6. The Bertz CT molecular complexity index is 720. The molecule has 2 aromatic rings. The van der Waals surface area contributed by atoms with Gasteiger partial charge in [0.1, 0.15) is 0 Å². The molecule has 2 nitrogen and oxygen atoms in total. The Labute approximate surface area is 139 Å². The van der Waals surface area contributed by atoms with Crippen molar-refractivity contribution in [3.05, 3.63) is 65.2 Å². The molecule has 0 fully saturated rings. The Balaban J connectivity index is 2.33. The maximum Gasteiger partial charge on any atom is 0.416 e. The molecular weight excluding hydrogens is 348 g/mol. The highest BCUT2D eigenvalue weighted by molar-refractivity contribution is 5.95. The van der Waals surface area contributed by atoms with E-state index in [0.29, 0.717) is 17.7 Å². The van der Waals surface area contributed by atoms with E-state index in [2.05, 4.69) is 5.32 Å². The maximum absolute atomic E-state index is 12.8. The molecule has 0 aromatic heterocycles. The Morgan fingerprint density at radius 2 is 1.36 bits per heavy atom. The summed E-state index contributed by atoms with van der Waals surface area (Å²) in [6.07, 6.45) is -9.93. The minimum absolute atomic E-state index is 0.0102. The number of anilines is 1. The van der Waals surface area contributed by atoms with Gasteiger partial charge >= 0.3 is 12.4 Å². The van der Waals surface area contributed by atoms with Gasteiger partial charge in [0.2, 0.25) is 5.91 Å². The number of amides is 1. The summed E-state index contributed by atoms with van der Waals surface area (Å²) in [7, 11) is 0. The van der Waals surface area contributed by atoms with Crippen molar-refractivity contribution in [2.24, 2.45) is 0 Å². The van der Waals surface area contributed by atoms with E-state index in [1.165, 1.54) is 6.92 Å². The molecule has 0 radical (unpaired) electrons. The molecule has 1 N–H and O–H groups in total. The first-order valence-electron chi connectivity index (χ1n) is 7.14. The zero-order chi connectivity index (χ0) is 18.8. The monoisotopic (exact) mass is 361 g/mol. The van der Waals surface area contributed by atoms with E-state index in [-0.39, 0.29) is 6.07 Å². The largest absolute Gasteiger partial charge is 0.416 e. The van der Waals surface area contributed by atoms with Gasteiger partial charge in [0.25, 0.3) is 0 Å². The van der Waals surface area contributed by atoms with E-state index < -0.39 is 41.0 Å². The van der Waals surface area contributed by atoms with E-state index in [1.807, 2.05) is 0 Å². The predicted octanol–water partition coefficient (Wildman–Crippen LogP) is 5.47. The molecular formula is C17H13F6NO. The summed E-state index contributed by atoms with van der Waals surface area (Å²) in [5.41, 5.74) is -2.94. The molecule has 1 amide bonds. The van der Waals surface area contributed by atoms with Gasteiger partial charge in [-0.2, -0.15) is 26.3 Å². The van der Waals surface area contributed by atoms with E-state index >= 15 is 0 Å². The van der Waals surface area contributed by atoms with Crippen LogP contribution in [0.3, 0.4) is 0 Å². The van der Waals surface area contributed by atoms with Crippen molar-refractivity contribution in [3.8, 4) is 0 Å². The molecule has 8 heteroatoms. The lowest BCUT2D eigenvalue weighted by atomic mass is 10.00. The van der Waals surface area contributed by atoms with Crippen LogP contribution >= 0.6 is 0 Å². The Kier molecular flexibility index (Phi) is 5.10. The third-order valence-corrected chi connectivity index (χ3v) is 3.55. The first kappa shape index (κ1) is 18.8. The summed E-state index contributed by atoms with van der Waals surface area (Å²) in [6.45, 7) is 1.50. The summed E-state index contributed by atoms with van der Waals surface area (Å²) in [4.78, 5) is 12.2. The van der Waals surface area contributed by atoms with Crippen LogP contribution in [0.1, 0.15) is 29.5 Å². The molecule has 0 aliphatic rings. The predicted molar refractivity (Wildman–Crippen MR) is 79.9 cm³/mol. The summed E-state index contributed by atoms with van der Waals surface area (Å²) in [5, 5.41) is 2.13. The molecule has 0 saturated heterocycles. The molecule has 0 spiro atoms. The van der Waals surface area contributed by atoms with Crippen LogP contribution < -0.4 is 5.32 Å². The molecule has 0 heterocycles. The molecule has 25 heavy (non-hydrogen) atoms. The maximum atomic E-state index is 12.8. The number of alkyl halides is 6. The van der Waals surface area contributed by atoms with E-state index in [1.54, 1.807) is 30.3 Å². The molecule has 134 valence electrons. The zero-order valence-corrected chi connectivity index (χ0v) is 12.9. The van der Waals surface area contributed by atoms with Gasteiger partial charge in [-0.1, -0.05) is 30.3 Å². The van der Waals surface area contributed by atoms with Crippen LogP contribution in [0.2, 0.25) is 0 Å². The highest BCUT2D eigenvalue weighted by Gasteiger charge is 2.37. The van der Waals surface area contributed by atoms with Gasteiger partial charge in [-0.3, -0.25) is 4.79 Å². The van der Waals surface area contributed by atoms with Gasteiger partial charge in [-0.25, -0.2) is 0 Å². The molecule has 0 bridgehead atoms. The van der Waals surface area contributed by atoms with Crippen LogP contribution in [0.4, 0.5) is 32.0 Å². The van der Waals surface area contributed by atoms with Gasteiger partial charge in [0.15, 0.2) is 0 Å². The Morgan fingerprint density at radius 3 is 1.80 bits per heavy atom. The summed E-state index contributed by atoms with van der Waals surface area (Å²) >= 11 is 0. The van der Waals surface area contributed by atoms with E-state index in [9.17, 15) is 31.1 Å². The van der Waals surface area contributed by atoms with Crippen molar-refractivity contribution in [2.75, 3.05) is 5.32 Å². The van der Waals surface area contributed by atoms with Gasteiger partial charge in [-0.05, 0) is 30.7 Å². The van der Waals surface area contributed by atoms with Crippen LogP contribution in [0, 0.1) is 0 Å². The lowest BCUT2D eigenvalue weighted by molar-refractivity contribution is -0.143. The quantitative estimate of drug-likeness (QED) is 0.722. The van der Waals surface area contributed by atoms with Gasteiger partial charge < -0.3 is 5.32 Å². The number of nitrogens with one attached hydrogen (secondary N) is 1. The second-order valence-corrected chi connectivity index (χ2v) is 5.42. The first-order chi connectivity index (χ1) is 11.5. The molecule has 1 atom stereocenters. The fourth-order valence-corrected chi connectivity index (χ4v) is 2.17. The van der Waals surface area contributed by atoms with Crippen molar-refractivity contribution in [1.29, 1.82) is 0 Å². The minimum Gasteiger partial charge on any atom is -0.326 e. The normalized spacial score (nSPS) is 13.4. The summed E-state index contributed by atoms with van der Waals surface area (Å²) < 4.78 is 76.9. The summed E-state index contributed by atoms with van der Waals surface area (Å²) in [6, 6.07) is 9.30. The number of rotatable bonds is 3. The van der Waals surface area contributed by atoms with Crippen LogP contribution in [0.25, 0.3) is 0 Å². The number of hydrogen-bond acceptors (Lipinski definition) is 1. The van der Waals surface area contributed by atoms with Crippen LogP contribution in [0.5, 0.6) is 0 Å². The van der Waals surface area contributed by atoms with Crippen molar-refractivity contribution >= 4 is 11.6 Å². The number of carbonyl (C=O) groups excluding carboxylic acids is 1. The van der Waals surface area contributed by atoms with Crippen LogP contribution in [0.15, 0.2) is 48.5 Å². The fraction of sp³-hybridized carbons (Fsp3) is 0.235. The van der Waals surface area contributed by atoms with Crippen molar-refractivity contribution < 1.29 is 31.1 Å². The summed E-state index contributed by atoms with van der Waals surface area (Å²) in [5.74, 6) is -1.45. The Morgan fingerprint density at radius 1 is 0.880 bits per heavy atom. The first-order valence-corrected chi connectivity index (χ1v) is 7.14. The molecule has 2 aromatic carbocycles. The number of benzene rings is 2. The van der Waals surface area contributed by atoms with Crippen molar-refractivity contribution in [1.82, 2.24) is 0 Å². The molecule has 0 aliphatic carbocycles. The van der Waals surface area contributed by atoms with Crippen molar-refractivity contribution in [3.63, 3.8) is 0 Å². The topological polar surface area (TPSA) is 29.1 Å². The molecule has 1 unspecified atom stereocenters. The average molecular weight is 361 g/mol. The minimum atomic E-state index is -4.97. The standard InChI is InChI=1S/C17H13F6NO/c1-10(11-5-3-2-4-6-11)15(25)24-14-8-12(16(18,19)20)7-13(9-14)17(21,22)23/h2-10H,1H3,(H,24,25). The third-order valence-electron chi connectivity index (χ3n) is 3.55. The van der Waals surface area contributed by atoms with E-state index in [4.69, 9.17) is 0 Å². The number of carbonyl (C=O) groups is 1. The molecule has 2 rings (SSSR count). The smallest absolute Gasteiger partial charge is 0.326 e. The molecule has 0 saturated carbocycles. The average Bonchev–Trinajstić information content (AvgIpc) is 2.53. The fourth-order valence-electron chi connectivity index (χ4n) is 2.17. The van der Waals surface area contributed by atoms with Gasteiger partial charge in [-0.15, -0.1) is 0 Å². The SMILES string of the molecule is CC(C(=O)Nc1cc(C(F)(F)F)cc(C(F)(F)F)c1)c1ccccc1. The van der Waals surface area contributed by atoms with Crippen LogP contribution in [-0.2, 0) is 17.1 Å². The second-order valence-electron chi connectivity index (χ2n) is 5.42. The van der Waals surface area contributed by atoms with Gasteiger partial charge in [0, 0.05) is 5.69 Å². The zero-order valence-electron chi connectivity index (χ0n) is 12.9. The second kappa shape index (κ2) is 6.78. The van der Waals surface area contributed by atoms with Crippen molar-refractivity contribution in [2.45, 2.75) is 25.2 Å². The lowest BCUT2D eigenvalue weighted by Crippen LogP contribution is -2.20. The van der Waals surface area contributed by atoms with Gasteiger partial charge in [0.05, 0.1) is 17.0 Å². The third kappa shape index (κ3) is 4.74. The van der Waals surface area contributed by atoms with Crippen LogP contribution in [-0.4, -0.2) is 5.91 Å². The highest BCUT2D eigenvalue weighted by Crippen LogP contribution is 2.37. The molecule has 0 aliphatic heterocycles. The lowest BCUT2D eigenvalue weighted by Gasteiger charge is -2.16. The Hall–Kier alpha value is -2.51. The van der Waals surface area contributed by atoms with E-state index in [0.717, 1.165) is 0 Å². The number of hydrogen-bond donors (Lipinski definition) is 1.